The van der Waals surface area contributed by atoms with E-state index in [1.54, 1.807) is 31.2 Å². The minimum Gasteiger partial charge on any atom is -0.378 e. The summed E-state index contributed by atoms with van der Waals surface area (Å²) < 4.78 is 33.1. The molecule has 2 atom stereocenters. The lowest BCUT2D eigenvalue weighted by atomic mass is 10.2. The van der Waals surface area contributed by atoms with E-state index >= 15 is 0 Å². The lowest BCUT2D eigenvalue weighted by Gasteiger charge is -2.24. The quantitative estimate of drug-likeness (QED) is 0.875. The summed E-state index contributed by atoms with van der Waals surface area (Å²) in [6.07, 6.45) is 0.235. The molecule has 1 saturated heterocycles. The van der Waals surface area contributed by atoms with E-state index in [1.807, 2.05) is 0 Å². The third kappa shape index (κ3) is 3.54. The molecule has 0 radical (unpaired) electrons. The number of fused-ring (bicyclic) bond motifs is 1. The highest BCUT2D eigenvalue weighted by atomic mass is 19.3. The van der Waals surface area contributed by atoms with Gasteiger partial charge in [-0.25, -0.2) is 4.98 Å². The van der Waals surface area contributed by atoms with Crippen molar-refractivity contribution in [3.63, 3.8) is 0 Å². The first kappa shape index (κ1) is 16.8. The van der Waals surface area contributed by atoms with Crippen LogP contribution >= 0.6 is 0 Å². The summed E-state index contributed by atoms with van der Waals surface area (Å²) in [5, 5.41) is 5.94. The highest BCUT2D eigenvalue weighted by Crippen LogP contribution is 2.26. The smallest absolute Gasteiger partial charge is 0.320 e. The lowest BCUT2D eigenvalue weighted by molar-refractivity contribution is -0.123. The van der Waals surface area contributed by atoms with Crippen molar-refractivity contribution in [2.24, 2.45) is 0 Å². The Bertz CT molecular complexity index is 713. The van der Waals surface area contributed by atoms with Crippen LogP contribution in [0.3, 0.4) is 0 Å². The first-order valence-electron chi connectivity index (χ1n) is 7.91. The maximum atomic E-state index is 13.4. The Labute approximate surface area is 138 Å². The monoisotopic (exact) mass is 338 g/mol. The molecule has 1 fully saturated rings. The summed E-state index contributed by atoms with van der Waals surface area (Å²) in [5.74, 6) is -0.0780. The van der Waals surface area contributed by atoms with Crippen molar-refractivity contribution in [2.45, 2.75) is 32.0 Å². The van der Waals surface area contributed by atoms with Crippen LogP contribution in [0.25, 0.3) is 11.0 Å². The maximum Gasteiger partial charge on any atom is 0.320 e. The molecule has 2 N–H and O–H groups in total. The van der Waals surface area contributed by atoms with Crippen molar-refractivity contribution >= 4 is 16.9 Å². The van der Waals surface area contributed by atoms with Crippen molar-refractivity contribution in [3.05, 3.63) is 30.1 Å². The molecule has 6 nitrogen and oxygen atoms in total. The number of ether oxygens (including phenoxy) is 1. The van der Waals surface area contributed by atoms with Gasteiger partial charge in [0.2, 0.25) is 5.91 Å². The minimum absolute atomic E-state index is 0.0557. The summed E-state index contributed by atoms with van der Waals surface area (Å²) in [7, 11) is 0. The molecule has 2 heterocycles. The Morgan fingerprint density at radius 1 is 1.50 bits per heavy atom. The molecular formula is C16H20F2N4O2. The number of carbonyl (C=O) groups is 1. The molecule has 1 aromatic heterocycles. The van der Waals surface area contributed by atoms with Crippen molar-refractivity contribution in [1.29, 1.82) is 0 Å². The van der Waals surface area contributed by atoms with E-state index in [0.717, 1.165) is 4.57 Å². The fourth-order valence-electron chi connectivity index (χ4n) is 2.91. The Hall–Kier alpha value is -2.06. The number of alkyl halides is 2. The van der Waals surface area contributed by atoms with E-state index in [2.05, 4.69) is 15.6 Å². The molecular weight excluding hydrogens is 318 g/mol. The molecule has 8 heteroatoms. The van der Waals surface area contributed by atoms with Crippen molar-refractivity contribution < 1.29 is 18.3 Å². The Balaban J connectivity index is 1.74. The zero-order valence-electron chi connectivity index (χ0n) is 13.3. The Kier molecular flexibility index (Phi) is 5.06. The van der Waals surface area contributed by atoms with Gasteiger partial charge in [-0.2, -0.15) is 8.78 Å². The molecule has 1 aromatic carbocycles. The summed E-state index contributed by atoms with van der Waals surface area (Å²) >= 11 is 0. The molecule has 0 spiro atoms. The van der Waals surface area contributed by atoms with Gasteiger partial charge in [-0.3, -0.25) is 9.36 Å². The standard InChI is InChI=1S/C16H20F2N4O2/c1-10(20-14(23)8-11-9-24-7-6-19-11)15-21-12-4-2-3-5-13(12)22(15)16(17)18/h2-5,10-11,16,19H,6-9H2,1H3,(H,20,23). The number of aromatic nitrogens is 2. The van der Waals surface area contributed by atoms with Gasteiger partial charge in [0.15, 0.2) is 0 Å². The molecule has 24 heavy (non-hydrogen) atoms. The zero-order valence-corrected chi connectivity index (χ0v) is 13.3. The van der Waals surface area contributed by atoms with Crippen LogP contribution in [0.4, 0.5) is 8.78 Å². The maximum absolute atomic E-state index is 13.4. The highest BCUT2D eigenvalue weighted by molar-refractivity contribution is 5.78. The predicted molar refractivity (Wildman–Crippen MR) is 84.8 cm³/mol. The second-order valence-electron chi connectivity index (χ2n) is 5.83. The summed E-state index contributed by atoms with van der Waals surface area (Å²) in [5.41, 5.74) is 0.835. The third-order valence-electron chi connectivity index (χ3n) is 4.01. The van der Waals surface area contributed by atoms with Gasteiger partial charge in [0.1, 0.15) is 5.82 Å². The topological polar surface area (TPSA) is 68.2 Å². The molecule has 3 rings (SSSR count). The number of para-hydroxylation sites is 2. The van der Waals surface area contributed by atoms with Gasteiger partial charge in [0.25, 0.3) is 0 Å². The van der Waals surface area contributed by atoms with Gasteiger partial charge in [0.05, 0.1) is 30.3 Å². The van der Waals surface area contributed by atoms with E-state index in [1.165, 1.54) is 0 Å². The first-order valence-corrected chi connectivity index (χ1v) is 7.91. The molecule has 1 aliphatic heterocycles. The van der Waals surface area contributed by atoms with Gasteiger partial charge in [-0.15, -0.1) is 0 Å². The predicted octanol–water partition coefficient (Wildman–Crippen LogP) is 1.99. The number of nitrogens with one attached hydrogen (secondary N) is 2. The normalized spacial score (nSPS) is 19.6. The number of carbonyl (C=O) groups excluding carboxylic acids is 1. The number of hydrogen-bond donors (Lipinski definition) is 2. The number of nitrogens with zero attached hydrogens (tertiary/aromatic N) is 2. The molecule has 1 aliphatic rings. The van der Waals surface area contributed by atoms with Gasteiger partial charge in [-0.1, -0.05) is 12.1 Å². The van der Waals surface area contributed by atoms with Crippen LogP contribution in [0.5, 0.6) is 0 Å². The van der Waals surface area contributed by atoms with Crippen molar-refractivity contribution in [1.82, 2.24) is 20.2 Å². The number of morpholine rings is 1. The van der Waals surface area contributed by atoms with Crippen molar-refractivity contribution in [2.75, 3.05) is 19.8 Å². The summed E-state index contributed by atoms with van der Waals surface area (Å²) in [4.78, 5) is 16.4. The highest BCUT2D eigenvalue weighted by Gasteiger charge is 2.24. The molecule has 1 amide bonds. The number of benzene rings is 1. The second kappa shape index (κ2) is 7.23. The second-order valence-corrected chi connectivity index (χ2v) is 5.83. The number of amides is 1. The average molecular weight is 338 g/mol. The van der Waals surface area contributed by atoms with Crippen LogP contribution in [0, 0.1) is 0 Å². The van der Waals surface area contributed by atoms with Crippen LogP contribution in [-0.4, -0.2) is 41.3 Å². The zero-order chi connectivity index (χ0) is 17.1. The first-order chi connectivity index (χ1) is 11.6. The lowest BCUT2D eigenvalue weighted by Crippen LogP contribution is -2.44. The van der Waals surface area contributed by atoms with E-state index in [9.17, 15) is 13.6 Å². The third-order valence-corrected chi connectivity index (χ3v) is 4.01. The fraction of sp³-hybridized carbons (Fsp3) is 0.500. The minimum atomic E-state index is -2.72. The van der Waals surface area contributed by atoms with Gasteiger partial charge in [-0.05, 0) is 19.1 Å². The fourth-order valence-corrected chi connectivity index (χ4v) is 2.91. The van der Waals surface area contributed by atoms with Crippen molar-refractivity contribution in [3.8, 4) is 0 Å². The van der Waals surface area contributed by atoms with E-state index < -0.39 is 12.6 Å². The summed E-state index contributed by atoms with van der Waals surface area (Å²) in [6.45, 7) is 0.738. The van der Waals surface area contributed by atoms with Gasteiger partial charge < -0.3 is 15.4 Å². The van der Waals surface area contributed by atoms with Crippen LogP contribution < -0.4 is 10.6 Å². The molecule has 0 bridgehead atoms. The van der Waals surface area contributed by atoms with E-state index in [4.69, 9.17) is 4.74 Å². The number of rotatable bonds is 5. The van der Waals surface area contributed by atoms with E-state index in [0.29, 0.717) is 30.8 Å². The molecule has 130 valence electrons. The Morgan fingerprint density at radius 2 is 2.29 bits per heavy atom. The average Bonchev–Trinajstić information content (AvgIpc) is 2.95. The van der Waals surface area contributed by atoms with Crippen LogP contribution in [0.15, 0.2) is 24.3 Å². The number of imidazole rings is 1. The molecule has 0 saturated carbocycles. The molecule has 0 aliphatic carbocycles. The van der Waals surface area contributed by atoms with Gasteiger partial charge in [0, 0.05) is 19.0 Å². The number of halogens is 2. The van der Waals surface area contributed by atoms with Gasteiger partial charge >= 0.3 is 6.55 Å². The molecule has 2 unspecified atom stereocenters. The van der Waals surface area contributed by atoms with Crippen LogP contribution in [0.2, 0.25) is 0 Å². The van der Waals surface area contributed by atoms with Crippen LogP contribution in [-0.2, 0) is 9.53 Å². The van der Waals surface area contributed by atoms with Crippen LogP contribution in [0.1, 0.15) is 31.8 Å². The Morgan fingerprint density at radius 3 is 3.00 bits per heavy atom. The SMILES string of the molecule is CC(NC(=O)CC1COCCN1)c1nc2ccccc2n1C(F)F. The van der Waals surface area contributed by atoms with E-state index in [-0.39, 0.29) is 24.2 Å². The largest absolute Gasteiger partial charge is 0.378 e. The number of hydrogen-bond acceptors (Lipinski definition) is 4. The summed E-state index contributed by atoms with van der Waals surface area (Å²) in [6, 6.07) is 6.02. The molecule has 2 aromatic rings.